The summed E-state index contributed by atoms with van der Waals surface area (Å²) in [6, 6.07) is 7.26. The molecule has 0 unspecified atom stereocenters. The summed E-state index contributed by atoms with van der Waals surface area (Å²) in [6.07, 6.45) is -6.11. The fourth-order valence-corrected chi connectivity index (χ4v) is 3.02. The Morgan fingerprint density at radius 1 is 1.07 bits per heavy atom. The van der Waals surface area contributed by atoms with E-state index in [1.165, 1.54) is 38.4 Å². The molecular weight excluding hydrogens is 438 g/mol. The second-order valence-corrected chi connectivity index (χ2v) is 8.25. The number of halogens is 3. The third kappa shape index (κ3) is 6.35. The summed E-state index contributed by atoms with van der Waals surface area (Å²) >= 11 is 0. The Kier molecular flexibility index (Phi) is 8.76. The molecule has 0 N–H and O–H groups in total. The number of carbonyl (C=O) groups excluding carboxylic acids is 1. The Bertz CT molecular complexity index is 994. The normalized spacial score (nSPS) is 12.8. The first-order chi connectivity index (χ1) is 13.3. The van der Waals surface area contributed by atoms with Crippen LogP contribution in [0.1, 0.15) is 12.5 Å². The zero-order valence-corrected chi connectivity index (χ0v) is 19.4. The van der Waals surface area contributed by atoms with Gasteiger partial charge in [0.25, 0.3) is 0 Å². The Labute approximate surface area is 193 Å². The Hall–Kier alpha value is -1.79. The molecule has 0 saturated carbocycles. The van der Waals surface area contributed by atoms with Gasteiger partial charge in [0, 0.05) is 14.1 Å². The van der Waals surface area contributed by atoms with E-state index < -0.39 is 39.6 Å². The molecule has 7 nitrogen and oxygen atoms in total. The molecular formula is C18H17F3NNaO6S. The molecule has 0 aliphatic rings. The first kappa shape index (κ1) is 26.2. The number of hydrogen-bond donors (Lipinski definition) is 0. The molecule has 0 aromatic heterocycles. The van der Waals surface area contributed by atoms with Crippen molar-refractivity contribution in [2.24, 2.45) is 0 Å². The zero-order valence-electron chi connectivity index (χ0n) is 16.6. The van der Waals surface area contributed by atoms with Gasteiger partial charge in [-0.3, -0.25) is 0 Å². The maximum atomic E-state index is 13.0. The molecule has 2 aromatic rings. The fraction of sp³-hybridized carbons (Fsp3) is 0.278. The zero-order chi connectivity index (χ0) is 22.0. The quantitative estimate of drug-likeness (QED) is 0.511. The Morgan fingerprint density at radius 3 is 2.10 bits per heavy atom. The molecule has 0 aliphatic carbocycles. The monoisotopic (exact) mass is 455 g/mol. The average Bonchev–Trinajstić information content (AvgIpc) is 2.62. The smallest absolute Gasteiger partial charge is 0.546 e. The van der Waals surface area contributed by atoms with Gasteiger partial charge >= 0.3 is 35.7 Å². The van der Waals surface area contributed by atoms with E-state index >= 15 is 0 Å². The molecule has 12 heteroatoms. The number of hydrogen-bond acceptors (Lipinski definition) is 6. The molecule has 0 aliphatic heterocycles. The van der Waals surface area contributed by atoms with Gasteiger partial charge in [0.2, 0.25) is 10.0 Å². The summed E-state index contributed by atoms with van der Waals surface area (Å²) in [7, 11) is -0.991. The van der Waals surface area contributed by atoms with Crippen LogP contribution in [0.3, 0.4) is 0 Å². The van der Waals surface area contributed by atoms with Gasteiger partial charge in [0.05, 0.1) is 16.4 Å². The third-order valence-electron chi connectivity index (χ3n) is 3.74. The number of alkyl halides is 3. The molecule has 0 fully saturated rings. The van der Waals surface area contributed by atoms with Crippen molar-refractivity contribution in [2.75, 3.05) is 14.1 Å². The summed E-state index contributed by atoms with van der Waals surface area (Å²) in [5.74, 6) is -2.18. The van der Waals surface area contributed by atoms with Gasteiger partial charge in [-0.2, -0.15) is 13.2 Å². The number of ether oxygens (including phenoxy) is 2. The number of carboxylic acids is 1. The van der Waals surface area contributed by atoms with E-state index in [2.05, 4.69) is 0 Å². The predicted octanol–water partition coefficient (Wildman–Crippen LogP) is -0.731. The molecule has 2 rings (SSSR count). The number of aliphatic carboxylic acids is 1. The molecule has 0 saturated heterocycles. The van der Waals surface area contributed by atoms with Crippen molar-refractivity contribution < 1.29 is 70.5 Å². The molecule has 0 spiro atoms. The first-order valence-electron chi connectivity index (χ1n) is 8.11. The second kappa shape index (κ2) is 10.0. The number of carboxylic acid groups (broad SMARTS) is 1. The van der Waals surface area contributed by atoms with Crippen molar-refractivity contribution >= 4 is 16.0 Å². The number of benzene rings is 2. The minimum Gasteiger partial charge on any atom is -0.546 e. The van der Waals surface area contributed by atoms with Crippen LogP contribution in [0.2, 0.25) is 0 Å². The van der Waals surface area contributed by atoms with Crippen LogP contribution in [-0.2, 0) is 21.0 Å². The minimum atomic E-state index is -4.67. The van der Waals surface area contributed by atoms with Gasteiger partial charge in [0.15, 0.2) is 11.5 Å². The maximum absolute atomic E-state index is 13.0. The van der Waals surface area contributed by atoms with Crippen molar-refractivity contribution in [2.45, 2.75) is 24.1 Å². The van der Waals surface area contributed by atoms with E-state index in [0.29, 0.717) is 6.07 Å². The van der Waals surface area contributed by atoms with E-state index in [4.69, 9.17) is 9.47 Å². The Morgan fingerprint density at radius 2 is 1.63 bits per heavy atom. The van der Waals surface area contributed by atoms with Crippen LogP contribution in [0, 0.1) is 0 Å². The predicted molar refractivity (Wildman–Crippen MR) is 93.9 cm³/mol. The molecule has 0 radical (unpaired) electrons. The van der Waals surface area contributed by atoms with Crippen LogP contribution in [0.4, 0.5) is 13.2 Å². The number of sulfonamides is 1. The van der Waals surface area contributed by atoms with Crippen molar-refractivity contribution in [3.63, 3.8) is 0 Å². The summed E-state index contributed by atoms with van der Waals surface area (Å²) in [5.41, 5.74) is -1.03. The minimum absolute atomic E-state index is 0. The summed E-state index contributed by atoms with van der Waals surface area (Å²) in [6.45, 7) is 1.15. The SMILES string of the molecule is C[C@H](Oc1ccc(C(F)(F)F)cc1Oc1ccc(S(=O)(=O)N(C)C)cc1)C(=O)[O-].[Na+]. The molecule has 0 bridgehead atoms. The molecule has 2 aromatic carbocycles. The number of nitrogens with zero attached hydrogens (tertiary/aromatic N) is 1. The average molecular weight is 455 g/mol. The molecule has 1 atom stereocenters. The summed E-state index contributed by atoms with van der Waals surface area (Å²) < 4.78 is 74.7. The van der Waals surface area contributed by atoms with Crippen molar-refractivity contribution in [3.8, 4) is 17.2 Å². The topological polar surface area (TPSA) is 96.0 Å². The van der Waals surface area contributed by atoms with Crippen LogP contribution < -0.4 is 44.1 Å². The van der Waals surface area contributed by atoms with Gasteiger partial charge < -0.3 is 19.4 Å². The van der Waals surface area contributed by atoms with E-state index in [9.17, 15) is 31.5 Å². The van der Waals surface area contributed by atoms with Gasteiger partial charge in [-0.15, -0.1) is 0 Å². The van der Waals surface area contributed by atoms with Gasteiger partial charge in [0.1, 0.15) is 11.9 Å². The van der Waals surface area contributed by atoms with Crippen molar-refractivity contribution in [1.82, 2.24) is 4.31 Å². The Balaban J connectivity index is 0.00000450. The largest absolute Gasteiger partial charge is 1.00 e. The third-order valence-corrected chi connectivity index (χ3v) is 5.57. The number of carbonyl (C=O) groups is 1. The van der Waals surface area contributed by atoms with Crippen LogP contribution in [0.15, 0.2) is 47.4 Å². The van der Waals surface area contributed by atoms with Crippen molar-refractivity contribution in [3.05, 3.63) is 48.0 Å². The molecule has 158 valence electrons. The second-order valence-electron chi connectivity index (χ2n) is 6.10. The van der Waals surface area contributed by atoms with E-state index in [1.807, 2.05) is 0 Å². The van der Waals surface area contributed by atoms with Crippen LogP contribution in [0.25, 0.3) is 0 Å². The summed E-state index contributed by atoms with van der Waals surface area (Å²) in [5, 5.41) is 10.9. The van der Waals surface area contributed by atoms with Crippen molar-refractivity contribution in [1.29, 1.82) is 0 Å². The summed E-state index contributed by atoms with van der Waals surface area (Å²) in [4.78, 5) is 10.8. The van der Waals surface area contributed by atoms with Gasteiger partial charge in [-0.05, 0) is 49.4 Å². The fourth-order valence-electron chi connectivity index (χ4n) is 2.12. The van der Waals surface area contributed by atoms with E-state index in [1.54, 1.807) is 0 Å². The van der Waals surface area contributed by atoms with Gasteiger partial charge in [-0.25, -0.2) is 12.7 Å². The van der Waals surface area contributed by atoms with E-state index in [0.717, 1.165) is 23.4 Å². The first-order valence-corrected chi connectivity index (χ1v) is 9.55. The molecule has 0 heterocycles. The van der Waals surface area contributed by atoms with Crippen LogP contribution in [0.5, 0.6) is 17.2 Å². The number of rotatable bonds is 7. The molecule has 30 heavy (non-hydrogen) atoms. The van der Waals surface area contributed by atoms with Crippen LogP contribution in [-0.4, -0.2) is 38.9 Å². The standard InChI is InChI=1S/C18H18F3NO6S.Na/c1-11(17(23)24)27-15-9-4-12(18(19,20)21)10-16(15)28-13-5-7-14(8-6-13)29(25,26)22(2)3;/h4-11H,1-3H3,(H,23,24);/q;+1/p-1/t11-;/m0./s1. The van der Waals surface area contributed by atoms with Crippen LogP contribution >= 0.6 is 0 Å². The molecule has 0 amide bonds. The van der Waals surface area contributed by atoms with E-state index in [-0.39, 0.29) is 46.0 Å². The van der Waals surface area contributed by atoms with Gasteiger partial charge in [-0.1, -0.05) is 0 Å². The maximum Gasteiger partial charge on any atom is 1.00 e.